The molecular formula is C19H13F3. The molecule has 0 atom stereocenters. The molecule has 0 nitrogen and oxygen atoms in total. The van der Waals surface area contributed by atoms with Crippen molar-refractivity contribution in [3.8, 4) is 0 Å². The number of fused-ring (bicyclic) bond motifs is 1. The predicted molar refractivity (Wildman–Crippen MR) is 84.3 cm³/mol. The van der Waals surface area contributed by atoms with E-state index in [4.69, 9.17) is 0 Å². The lowest BCUT2D eigenvalue weighted by Gasteiger charge is -2.12. The summed E-state index contributed by atoms with van der Waals surface area (Å²) >= 11 is 0. The van der Waals surface area contributed by atoms with Gasteiger partial charge in [-0.05, 0) is 34.0 Å². The van der Waals surface area contributed by atoms with E-state index in [0.717, 1.165) is 10.8 Å². The summed E-state index contributed by atoms with van der Waals surface area (Å²) in [4.78, 5) is 0. The van der Waals surface area contributed by atoms with Gasteiger partial charge in [0.1, 0.15) is 0 Å². The third-order valence-corrected chi connectivity index (χ3v) is 3.47. The van der Waals surface area contributed by atoms with Crippen LogP contribution in [0.1, 0.15) is 11.1 Å². The molecule has 3 rings (SSSR count). The van der Waals surface area contributed by atoms with Gasteiger partial charge in [0, 0.05) is 0 Å². The van der Waals surface area contributed by atoms with Crippen LogP contribution in [-0.4, -0.2) is 6.18 Å². The molecule has 22 heavy (non-hydrogen) atoms. The van der Waals surface area contributed by atoms with Gasteiger partial charge in [0.15, 0.2) is 0 Å². The maximum atomic E-state index is 13.3. The summed E-state index contributed by atoms with van der Waals surface area (Å²) in [6.07, 6.45) is -3.20. The van der Waals surface area contributed by atoms with Gasteiger partial charge in [-0.15, -0.1) is 0 Å². The van der Waals surface area contributed by atoms with Crippen molar-refractivity contribution in [3.63, 3.8) is 0 Å². The van der Waals surface area contributed by atoms with Crippen LogP contribution < -0.4 is 0 Å². The fourth-order valence-electron chi connectivity index (χ4n) is 2.41. The molecule has 0 spiro atoms. The molecule has 0 aromatic heterocycles. The molecule has 0 aliphatic carbocycles. The van der Waals surface area contributed by atoms with Crippen LogP contribution in [0.5, 0.6) is 0 Å². The summed E-state index contributed by atoms with van der Waals surface area (Å²) in [6, 6.07) is 20.8. The van der Waals surface area contributed by atoms with Gasteiger partial charge in [0.05, 0.1) is 5.57 Å². The third-order valence-electron chi connectivity index (χ3n) is 3.47. The Labute approximate surface area is 126 Å². The summed E-state index contributed by atoms with van der Waals surface area (Å²) in [5.41, 5.74) is 0.0708. The summed E-state index contributed by atoms with van der Waals surface area (Å²) in [5.74, 6) is 0. The monoisotopic (exact) mass is 298 g/mol. The molecule has 0 heterocycles. The lowest BCUT2D eigenvalue weighted by atomic mass is 10.0. The summed E-state index contributed by atoms with van der Waals surface area (Å²) in [5, 5.41) is 1.93. The number of rotatable bonds is 2. The second kappa shape index (κ2) is 5.68. The van der Waals surface area contributed by atoms with Crippen LogP contribution in [0.15, 0.2) is 72.8 Å². The quantitative estimate of drug-likeness (QED) is 0.513. The van der Waals surface area contributed by atoms with Crippen molar-refractivity contribution in [3.05, 3.63) is 83.9 Å². The molecule has 0 aliphatic rings. The van der Waals surface area contributed by atoms with Crippen molar-refractivity contribution in [1.29, 1.82) is 0 Å². The van der Waals surface area contributed by atoms with E-state index in [9.17, 15) is 13.2 Å². The molecule has 0 saturated carbocycles. The Morgan fingerprint density at radius 3 is 2.05 bits per heavy atom. The molecule has 0 radical (unpaired) electrons. The highest BCUT2D eigenvalue weighted by Gasteiger charge is 2.34. The Balaban J connectivity index is 2.12. The zero-order chi connectivity index (χ0) is 15.6. The fraction of sp³-hybridized carbons (Fsp3) is 0.0526. The van der Waals surface area contributed by atoms with Crippen molar-refractivity contribution in [2.24, 2.45) is 0 Å². The van der Waals surface area contributed by atoms with Crippen LogP contribution in [0.4, 0.5) is 13.2 Å². The van der Waals surface area contributed by atoms with E-state index < -0.39 is 11.7 Å². The minimum Gasteiger partial charge on any atom is -0.166 e. The molecular weight excluding hydrogens is 285 g/mol. The molecule has 0 fully saturated rings. The van der Waals surface area contributed by atoms with Crippen LogP contribution in [0.2, 0.25) is 0 Å². The second-order valence-corrected chi connectivity index (χ2v) is 5.03. The van der Waals surface area contributed by atoms with Crippen molar-refractivity contribution in [2.75, 3.05) is 0 Å². The molecule has 110 valence electrons. The largest absolute Gasteiger partial charge is 0.417 e. The molecule has 0 unspecified atom stereocenters. The molecule has 0 N–H and O–H groups in total. The first-order chi connectivity index (χ1) is 10.5. The molecule has 3 aromatic rings. The summed E-state index contributed by atoms with van der Waals surface area (Å²) in [7, 11) is 0. The Hall–Kier alpha value is -2.55. The number of halogens is 3. The predicted octanol–water partition coefficient (Wildman–Crippen LogP) is 5.94. The van der Waals surface area contributed by atoms with E-state index in [2.05, 4.69) is 0 Å². The highest BCUT2D eigenvalue weighted by molar-refractivity contribution is 5.89. The molecule has 0 aliphatic heterocycles. The van der Waals surface area contributed by atoms with E-state index >= 15 is 0 Å². The van der Waals surface area contributed by atoms with E-state index in [-0.39, 0.29) is 5.56 Å². The molecule has 3 heteroatoms. The van der Waals surface area contributed by atoms with Gasteiger partial charge in [-0.2, -0.15) is 13.2 Å². The number of benzene rings is 3. The van der Waals surface area contributed by atoms with E-state index in [1.165, 1.54) is 18.2 Å². The van der Waals surface area contributed by atoms with Gasteiger partial charge < -0.3 is 0 Å². The molecule has 0 bridgehead atoms. The maximum Gasteiger partial charge on any atom is 0.417 e. The topological polar surface area (TPSA) is 0 Å². The van der Waals surface area contributed by atoms with E-state index in [0.29, 0.717) is 5.56 Å². The Morgan fingerprint density at radius 2 is 1.36 bits per heavy atom. The number of alkyl halides is 3. The minimum absolute atomic E-state index is 0.170. The van der Waals surface area contributed by atoms with Crippen molar-refractivity contribution >= 4 is 22.4 Å². The highest BCUT2D eigenvalue weighted by Crippen LogP contribution is 2.35. The fourth-order valence-corrected chi connectivity index (χ4v) is 2.41. The normalized spacial score (nSPS) is 12.6. The lowest BCUT2D eigenvalue weighted by molar-refractivity contribution is -0.0683. The highest BCUT2D eigenvalue weighted by atomic mass is 19.4. The van der Waals surface area contributed by atoms with Crippen molar-refractivity contribution in [1.82, 2.24) is 0 Å². The zero-order valence-corrected chi connectivity index (χ0v) is 11.6. The number of hydrogen-bond acceptors (Lipinski definition) is 0. The van der Waals surface area contributed by atoms with Gasteiger partial charge in [-0.1, -0.05) is 66.7 Å². The van der Waals surface area contributed by atoms with Crippen molar-refractivity contribution < 1.29 is 13.2 Å². The smallest absolute Gasteiger partial charge is 0.166 e. The SMILES string of the molecule is FC(F)(F)/C(=C/c1ccc2ccccc2c1)c1ccccc1. The lowest BCUT2D eigenvalue weighted by Crippen LogP contribution is -2.10. The number of allylic oxidation sites excluding steroid dienone is 1. The van der Waals surface area contributed by atoms with Gasteiger partial charge in [0.2, 0.25) is 0 Å². The van der Waals surface area contributed by atoms with E-state index in [1.807, 2.05) is 30.3 Å². The van der Waals surface area contributed by atoms with Crippen LogP contribution in [0, 0.1) is 0 Å². The second-order valence-electron chi connectivity index (χ2n) is 5.03. The van der Waals surface area contributed by atoms with Gasteiger partial charge in [-0.25, -0.2) is 0 Å². The Morgan fingerprint density at radius 1 is 0.727 bits per heavy atom. The van der Waals surface area contributed by atoms with Crippen LogP contribution in [-0.2, 0) is 0 Å². The van der Waals surface area contributed by atoms with E-state index in [1.54, 1.807) is 30.3 Å². The standard InChI is InChI=1S/C19H13F3/c20-19(21,22)18(16-7-2-1-3-8-16)13-14-10-11-15-6-4-5-9-17(15)12-14/h1-13H/b18-13+. The molecule has 0 saturated heterocycles. The van der Waals surface area contributed by atoms with Crippen LogP contribution >= 0.6 is 0 Å². The Kier molecular flexibility index (Phi) is 3.72. The average Bonchev–Trinajstić information content (AvgIpc) is 2.52. The van der Waals surface area contributed by atoms with Crippen molar-refractivity contribution in [2.45, 2.75) is 6.18 Å². The van der Waals surface area contributed by atoms with Gasteiger partial charge in [-0.3, -0.25) is 0 Å². The first kappa shape index (κ1) is 14.4. The van der Waals surface area contributed by atoms with Gasteiger partial charge in [0.25, 0.3) is 0 Å². The minimum atomic E-state index is -4.40. The number of hydrogen-bond donors (Lipinski definition) is 0. The first-order valence-corrected chi connectivity index (χ1v) is 6.87. The summed E-state index contributed by atoms with van der Waals surface area (Å²) < 4.78 is 40.0. The summed E-state index contributed by atoms with van der Waals surface area (Å²) in [6.45, 7) is 0. The van der Waals surface area contributed by atoms with Crippen LogP contribution in [0.25, 0.3) is 22.4 Å². The van der Waals surface area contributed by atoms with Crippen LogP contribution in [0.3, 0.4) is 0 Å². The third kappa shape index (κ3) is 3.03. The maximum absolute atomic E-state index is 13.3. The zero-order valence-electron chi connectivity index (χ0n) is 11.6. The van der Waals surface area contributed by atoms with Gasteiger partial charge >= 0.3 is 6.18 Å². The molecule has 3 aromatic carbocycles. The average molecular weight is 298 g/mol. The molecule has 0 amide bonds. The Bertz CT molecular complexity index is 815. The first-order valence-electron chi connectivity index (χ1n) is 6.87.